The number of halogens is 1. The number of hydrogen-bond acceptors (Lipinski definition) is 4. The molecule has 3 aromatic carbocycles. The molecule has 3 aromatic rings. The van der Waals surface area contributed by atoms with E-state index in [2.05, 4.69) is 6.58 Å². The van der Waals surface area contributed by atoms with E-state index in [-0.39, 0.29) is 6.42 Å². The standard InChI is InChI=1S/C24H21FO4/c1-16-13-14-24(28-16,29-22-11-9-21(25)10-12-22)23(26)27-17(2)19-8-7-18-5-3-4-6-20(18)15-19/h3-12,15,17H,1,13-14H2,2H3/t17?,24-/m1/s1. The van der Waals surface area contributed by atoms with Crippen molar-refractivity contribution in [1.82, 2.24) is 0 Å². The number of rotatable bonds is 5. The Morgan fingerprint density at radius 3 is 2.52 bits per heavy atom. The molecule has 0 saturated carbocycles. The molecular formula is C24H21FO4. The lowest BCUT2D eigenvalue weighted by molar-refractivity contribution is -0.201. The SMILES string of the molecule is C=C1CC[C@@](Oc2ccc(F)cc2)(C(=O)OC(C)c2ccc3ccccc3c2)O1. The van der Waals surface area contributed by atoms with Crippen molar-refractivity contribution in [2.24, 2.45) is 0 Å². The minimum Gasteiger partial charge on any atom is -0.452 e. The van der Waals surface area contributed by atoms with Crippen molar-refractivity contribution in [2.75, 3.05) is 0 Å². The number of fused-ring (bicyclic) bond motifs is 1. The van der Waals surface area contributed by atoms with Gasteiger partial charge in [-0.15, -0.1) is 0 Å². The fourth-order valence-electron chi connectivity index (χ4n) is 3.37. The van der Waals surface area contributed by atoms with Crippen LogP contribution in [0.5, 0.6) is 5.75 Å². The van der Waals surface area contributed by atoms with Gasteiger partial charge in [-0.1, -0.05) is 43.0 Å². The van der Waals surface area contributed by atoms with E-state index in [1.807, 2.05) is 42.5 Å². The van der Waals surface area contributed by atoms with Crippen molar-refractivity contribution in [3.05, 3.63) is 90.4 Å². The van der Waals surface area contributed by atoms with Crippen LogP contribution >= 0.6 is 0 Å². The summed E-state index contributed by atoms with van der Waals surface area (Å²) in [4.78, 5) is 13.0. The van der Waals surface area contributed by atoms with E-state index in [4.69, 9.17) is 14.2 Å². The molecule has 0 N–H and O–H groups in total. The molecule has 4 nitrogen and oxygen atoms in total. The second-order valence-corrected chi connectivity index (χ2v) is 7.10. The molecule has 2 atom stereocenters. The Morgan fingerprint density at radius 2 is 1.83 bits per heavy atom. The third-order valence-electron chi connectivity index (χ3n) is 4.98. The zero-order chi connectivity index (χ0) is 20.4. The first-order valence-electron chi connectivity index (χ1n) is 9.46. The van der Waals surface area contributed by atoms with Gasteiger partial charge in [0.25, 0.3) is 0 Å². The summed E-state index contributed by atoms with van der Waals surface area (Å²) in [7, 11) is 0. The average molecular weight is 392 g/mol. The number of benzene rings is 3. The molecule has 5 heteroatoms. The number of carbonyl (C=O) groups is 1. The summed E-state index contributed by atoms with van der Waals surface area (Å²) in [6.45, 7) is 5.59. The van der Waals surface area contributed by atoms with E-state index >= 15 is 0 Å². The lowest BCUT2D eigenvalue weighted by Crippen LogP contribution is -2.45. The highest BCUT2D eigenvalue weighted by atomic mass is 19.1. The third-order valence-corrected chi connectivity index (χ3v) is 4.98. The number of carbonyl (C=O) groups excluding carboxylic acids is 1. The third kappa shape index (κ3) is 3.94. The van der Waals surface area contributed by atoms with Gasteiger partial charge < -0.3 is 14.2 Å². The quantitative estimate of drug-likeness (QED) is 0.524. The van der Waals surface area contributed by atoms with Gasteiger partial charge in [-0.2, -0.15) is 0 Å². The highest BCUT2D eigenvalue weighted by molar-refractivity contribution is 5.83. The van der Waals surface area contributed by atoms with Gasteiger partial charge in [0.15, 0.2) is 0 Å². The van der Waals surface area contributed by atoms with Crippen LogP contribution < -0.4 is 4.74 Å². The van der Waals surface area contributed by atoms with Gasteiger partial charge in [0.1, 0.15) is 17.7 Å². The first-order valence-corrected chi connectivity index (χ1v) is 9.46. The number of hydrogen-bond donors (Lipinski definition) is 0. The molecule has 29 heavy (non-hydrogen) atoms. The van der Waals surface area contributed by atoms with E-state index in [0.717, 1.165) is 16.3 Å². The largest absolute Gasteiger partial charge is 0.452 e. The van der Waals surface area contributed by atoms with Crippen molar-refractivity contribution in [3.8, 4) is 5.75 Å². The van der Waals surface area contributed by atoms with E-state index < -0.39 is 23.7 Å². The first kappa shape index (κ1) is 19.0. The highest BCUT2D eigenvalue weighted by Crippen LogP contribution is 2.37. The summed E-state index contributed by atoms with van der Waals surface area (Å²) in [6.07, 6.45) is 0.242. The van der Waals surface area contributed by atoms with Crippen molar-refractivity contribution < 1.29 is 23.4 Å². The minimum atomic E-state index is -1.62. The van der Waals surface area contributed by atoms with E-state index in [1.54, 1.807) is 6.92 Å². The lowest BCUT2D eigenvalue weighted by atomic mass is 10.0. The Morgan fingerprint density at radius 1 is 1.10 bits per heavy atom. The van der Waals surface area contributed by atoms with Crippen molar-refractivity contribution in [2.45, 2.75) is 31.7 Å². The smallest absolute Gasteiger partial charge is 0.393 e. The minimum absolute atomic E-state index is 0.270. The van der Waals surface area contributed by atoms with E-state index in [0.29, 0.717) is 17.9 Å². The van der Waals surface area contributed by atoms with Crippen molar-refractivity contribution in [3.63, 3.8) is 0 Å². The predicted octanol–water partition coefficient (Wildman–Crippen LogP) is 5.68. The molecule has 0 bridgehead atoms. The maximum absolute atomic E-state index is 13.2. The van der Waals surface area contributed by atoms with Crippen molar-refractivity contribution >= 4 is 16.7 Å². The molecule has 1 aliphatic rings. The highest BCUT2D eigenvalue weighted by Gasteiger charge is 2.50. The van der Waals surface area contributed by atoms with Crippen LogP contribution in [0.3, 0.4) is 0 Å². The molecule has 0 radical (unpaired) electrons. The molecule has 0 amide bonds. The van der Waals surface area contributed by atoms with E-state index in [1.165, 1.54) is 24.3 Å². The fraction of sp³-hybridized carbons (Fsp3) is 0.208. The molecule has 0 aliphatic carbocycles. The average Bonchev–Trinajstić information content (AvgIpc) is 3.11. The monoisotopic (exact) mass is 392 g/mol. The molecule has 1 unspecified atom stereocenters. The molecular weight excluding hydrogens is 371 g/mol. The summed E-state index contributed by atoms with van der Waals surface area (Å²) >= 11 is 0. The zero-order valence-corrected chi connectivity index (χ0v) is 16.1. The number of ether oxygens (including phenoxy) is 3. The first-order chi connectivity index (χ1) is 13.9. The lowest BCUT2D eigenvalue weighted by Gasteiger charge is -2.28. The molecule has 4 rings (SSSR count). The molecule has 1 aliphatic heterocycles. The Labute approximate surface area is 168 Å². The van der Waals surface area contributed by atoms with Gasteiger partial charge in [-0.25, -0.2) is 9.18 Å². The number of allylic oxidation sites excluding steroid dienone is 1. The van der Waals surface area contributed by atoms with Crippen LogP contribution in [0, 0.1) is 5.82 Å². The molecule has 1 fully saturated rings. The molecule has 1 saturated heterocycles. The summed E-state index contributed by atoms with van der Waals surface area (Å²) in [6, 6.07) is 19.3. The summed E-state index contributed by atoms with van der Waals surface area (Å²) in [5, 5.41) is 2.18. The van der Waals surface area contributed by atoms with Crippen LogP contribution in [0.4, 0.5) is 4.39 Å². The van der Waals surface area contributed by atoms with Crippen LogP contribution in [0.15, 0.2) is 79.1 Å². The molecule has 1 heterocycles. The van der Waals surface area contributed by atoms with Gasteiger partial charge in [-0.3, -0.25) is 0 Å². The van der Waals surface area contributed by atoms with Crippen LogP contribution in [0.1, 0.15) is 31.4 Å². The van der Waals surface area contributed by atoms with Crippen LogP contribution in [-0.2, 0) is 14.3 Å². The second kappa shape index (κ2) is 7.59. The van der Waals surface area contributed by atoms with Gasteiger partial charge in [0.2, 0.25) is 0 Å². The topological polar surface area (TPSA) is 44.8 Å². The Bertz CT molecular complexity index is 1060. The maximum atomic E-state index is 13.2. The normalized spacial score (nSPS) is 19.6. The Balaban J connectivity index is 1.55. The van der Waals surface area contributed by atoms with Crippen molar-refractivity contribution in [1.29, 1.82) is 0 Å². The van der Waals surface area contributed by atoms with Crippen LogP contribution in [0.25, 0.3) is 10.8 Å². The molecule has 148 valence electrons. The summed E-state index contributed by atoms with van der Waals surface area (Å²) in [5.74, 6) is -1.89. The fourth-order valence-corrected chi connectivity index (χ4v) is 3.37. The van der Waals surface area contributed by atoms with Gasteiger partial charge >= 0.3 is 11.8 Å². The summed E-state index contributed by atoms with van der Waals surface area (Å²) in [5.41, 5.74) is 0.866. The van der Waals surface area contributed by atoms with Gasteiger partial charge in [0.05, 0.1) is 5.76 Å². The van der Waals surface area contributed by atoms with Crippen LogP contribution in [0.2, 0.25) is 0 Å². The maximum Gasteiger partial charge on any atom is 0.393 e. The summed E-state index contributed by atoms with van der Waals surface area (Å²) < 4.78 is 30.4. The molecule has 0 aromatic heterocycles. The van der Waals surface area contributed by atoms with Gasteiger partial charge in [0, 0.05) is 12.8 Å². The Hall–Kier alpha value is -3.34. The second-order valence-electron chi connectivity index (χ2n) is 7.10. The zero-order valence-electron chi connectivity index (χ0n) is 16.1. The van der Waals surface area contributed by atoms with Gasteiger partial charge in [-0.05, 0) is 53.6 Å². The molecule has 0 spiro atoms. The predicted molar refractivity (Wildman–Crippen MR) is 108 cm³/mol. The Kier molecular flexibility index (Phi) is 4.97. The van der Waals surface area contributed by atoms with Crippen LogP contribution in [-0.4, -0.2) is 11.8 Å². The number of esters is 1. The van der Waals surface area contributed by atoms with E-state index in [9.17, 15) is 9.18 Å².